The van der Waals surface area contributed by atoms with Crippen LogP contribution in [0.1, 0.15) is 31.5 Å². The number of aromatic nitrogens is 2. The number of aliphatic hydroxyl groups excluding tert-OH is 1. The lowest BCUT2D eigenvalue weighted by atomic mass is 10.3. The van der Waals surface area contributed by atoms with Gasteiger partial charge in [-0.15, -0.1) is 0 Å². The molecule has 0 saturated carbocycles. The SMILES string of the molecule is CC.Cc1c(CO)nn2c1OCCC2. The first-order valence-corrected chi connectivity index (χ1v) is 5.13. The van der Waals surface area contributed by atoms with Gasteiger partial charge in [0.1, 0.15) is 0 Å². The molecule has 0 aliphatic carbocycles. The fourth-order valence-electron chi connectivity index (χ4n) is 1.45. The maximum absolute atomic E-state index is 8.94. The van der Waals surface area contributed by atoms with Crippen LogP contribution in [0.3, 0.4) is 0 Å². The Hall–Kier alpha value is -1.03. The van der Waals surface area contributed by atoms with E-state index in [-0.39, 0.29) is 6.61 Å². The predicted molar refractivity (Wildman–Crippen MR) is 54.3 cm³/mol. The summed E-state index contributed by atoms with van der Waals surface area (Å²) in [5, 5.41) is 13.1. The van der Waals surface area contributed by atoms with Crippen molar-refractivity contribution in [2.24, 2.45) is 0 Å². The second kappa shape index (κ2) is 5.00. The molecule has 0 unspecified atom stereocenters. The predicted octanol–water partition coefficient (Wildman–Crippen LogP) is 1.49. The van der Waals surface area contributed by atoms with Crippen molar-refractivity contribution >= 4 is 0 Å². The molecule has 0 bridgehead atoms. The van der Waals surface area contributed by atoms with E-state index in [2.05, 4.69) is 5.10 Å². The van der Waals surface area contributed by atoms with Crippen molar-refractivity contribution in [3.8, 4) is 5.88 Å². The van der Waals surface area contributed by atoms with Gasteiger partial charge >= 0.3 is 0 Å². The van der Waals surface area contributed by atoms with Crippen molar-refractivity contribution in [2.45, 2.75) is 40.3 Å². The molecule has 2 heterocycles. The summed E-state index contributed by atoms with van der Waals surface area (Å²) in [6.45, 7) is 7.58. The minimum atomic E-state index is -0.00477. The average molecular weight is 198 g/mol. The number of hydrogen-bond acceptors (Lipinski definition) is 3. The molecule has 0 radical (unpaired) electrons. The number of rotatable bonds is 1. The molecule has 4 heteroatoms. The lowest BCUT2D eigenvalue weighted by Crippen LogP contribution is -2.14. The van der Waals surface area contributed by atoms with Crippen LogP contribution in [0, 0.1) is 6.92 Å². The van der Waals surface area contributed by atoms with E-state index in [1.165, 1.54) is 0 Å². The van der Waals surface area contributed by atoms with Crippen LogP contribution in [0.15, 0.2) is 0 Å². The van der Waals surface area contributed by atoms with E-state index in [0.717, 1.165) is 36.7 Å². The van der Waals surface area contributed by atoms with Crippen LogP contribution in [0.25, 0.3) is 0 Å². The summed E-state index contributed by atoms with van der Waals surface area (Å²) in [6, 6.07) is 0. The zero-order chi connectivity index (χ0) is 10.6. The summed E-state index contributed by atoms with van der Waals surface area (Å²) in [5.41, 5.74) is 1.70. The molecule has 0 aromatic carbocycles. The first-order chi connectivity index (χ1) is 6.83. The van der Waals surface area contributed by atoms with Crippen molar-refractivity contribution in [3.05, 3.63) is 11.3 Å². The molecule has 1 aromatic rings. The Morgan fingerprint density at radius 2 is 2.21 bits per heavy atom. The lowest BCUT2D eigenvalue weighted by Gasteiger charge is -2.14. The Labute approximate surface area is 84.5 Å². The zero-order valence-electron chi connectivity index (χ0n) is 9.08. The quantitative estimate of drug-likeness (QED) is 0.743. The van der Waals surface area contributed by atoms with Gasteiger partial charge in [-0.1, -0.05) is 13.8 Å². The van der Waals surface area contributed by atoms with Crippen molar-refractivity contribution < 1.29 is 9.84 Å². The third-order valence-electron chi connectivity index (χ3n) is 2.13. The minimum absolute atomic E-state index is 0.00477. The van der Waals surface area contributed by atoms with Crippen LogP contribution in [-0.4, -0.2) is 21.5 Å². The van der Waals surface area contributed by atoms with Gasteiger partial charge in [-0.25, -0.2) is 4.68 Å². The van der Waals surface area contributed by atoms with Gasteiger partial charge in [-0.05, 0) is 6.92 Å². The average Bonchev–Trinajstić information content (AvgIpc) is 2.59. The number of fused-ring (bicyclic) bond motifs is 1. The summed E-state index contributed by atoms with van der Waals surface area (Å²) < 4.78 is 7.25. The second-order valence-electron chi connectivity index (χ2n) is 2.96. The summed E-state index contributed by atoms with van der Waals surface area (Å²) in [4.78, 5) is 0. The number of ether oxygens (including phenoxy) is 1. The number of nitrogens with zero attached hydrogens (tertiary/aromatic N) is 2. The standard InChI is InChI=1S/C8H12N2O2.C2H6/c1-6-7(5-11)9-10-3-2-4-12-8(6)10;1-2/h11H,2-5H2,1H3;1-2H3. The molecule has 1 aromatic heterocycles. The van der Waals surface area contributed by atoms with Crippen LogP contribution in [0.5, 0.6) is 5.88 Å². The summed E-state index contributed by atoms with van der Waals surface area (Å²) in [7, 11) is 0. The van der Waals surface area contributed by atoms with Crippen molar-refractivity contribution in [1.82, 2.24) is 9.78 Å². The Morgan fingerprint density at radius 1 is 1.50 bits per heavy atom. The molecular weight excluding hydrogens is 180 g/mol. The smallest absolute Gasteiger partial charge is 0.215 e. The molecule has 0 amide bonds. The maximum Gasteiger partial charge on any atom is 0.215 e. The van der Waals surface area contributed by atoms with Gasteiger partial charge in [-0.3, -0.25) is 0 Å². The summed E-state index contributed by atoms with van der Waals surface area (Å²) in [6.07, 6.45) is 0.999. The van der Waals surface area contributed by atoms with Crippen LogP contribution in [0.4, 0.5) is 0 Å². The van der Waals surface area contributed by atoms with Crippen molar-refractivity contribution in [1.29, 1.82) is 0 Å². The Balaban J connectivity index is 0.000000461. The number of hydrogen-bond donors (Lipinski definition) is 1. The van der Waals surface area contributed by atoms with Gasteiger partial charge in [0.2, 0.25) is 5.88 Å². The van der Waals surface area contributed by atoms with Crippen LogP contribution < -0.4 is 4.74 Å². The Bertz CT molecular complexity index is 295. The van der Waals surface area contributed by atoms with Crippen LogP contribution >= 0.6 is 0 Å². The highest BCUT2D eigenvalue weighted by atomic mass is 16.5. The van der Waals surface area contributed by atoms with E-state index in [1.54, 1.807) is 0 Å². The van der Waals surface area contributed by atoms with Crippen LogP contribution in [-0.2, 0) is 13.2 Å². The topological polar surface area (TPSA) is 47.3 Å². The van der Waals surface area contributed by atoms with Crippen molar-refractivity contribution in [2.75, 3.05) is 6.61 Å². The highest BCUT2D eigenvalue weighted by molar-refractivity contribution is 5.30. The maximum atomic E-state index is 8.94. The molecule has 0 fully saturated rings. The molecular formula is C10H18N2O2. The van der Waals surface area contributed by atoms with Crippen LogP contribution in [0.2, 0.25) is 0 Å². The molecule has 0 spiro atoms. The summed E-state index contributed by atoms with van der Waals surface area (Å²) >= 11 is 0. The van der Waals surface area contributed by atoms with E-state index in [1.807, 2.05) is 25.5 Å². The third kappa shape index (κ3) is 1.90. The molecule has 1 aliphatic heterocycles. The molecule has 0 atom stereocenters. The van der Waals surface area contributed by atoms with Gasteiger partial charge < -0.3 is 9.84 Å². The van der Waals surface area contributed by atoms with Gasteiger partial charge in [0.25, 0.3) is 0 Å². The molecule has 1 N–H and O–H groups in total. The fourth-order valence-corrected chi connectivity index (χ4v) is 1.45. The summed E-state index contributed by atoms with van der Waals surface area (Å²) in [5.74, 6) is 0.824. The second-order valence-corrected chi connectivity index (χ2v) is 2.96. The van der Waals surface area contributed by atoms with E-state index in [9.17, 15) is 0 Å². The fraction of sp³-hybridized carbons (Fsp3) is 0.700. The normalized spacial score (nSPS) is 13.7. The van der Waals surface area contributed by atoms with Gasteiger partial charge in [-0.2, -0.15) is 5.10 Å². The van der Waals surface area contributed by atoms with Crippen molar-refractivity contribution in [3.63, 3.8) is 0 Å². The third-order valence-corrected chi connectivity index (χ3v) is 2.13. The van der Waals surface area contributed by atoms with E-state index in [4.69, 9.17) is 9.84 Å². The highest BCUT2D eigenvalue weighted by Crippen LogP contribution is 2.24. The van der Waals surface area contributed by atoms with Gasteiger partial charge in [0.15, 0.2) is 0 Å². The minimum Gasteiger partial charge on any atom is -0.478 e. The van der Waals surface area contributed by atoms with E-state index < -0.39 is 0 Å². The first kappa shape index (κ1) is 11.0. The largest absolute Gasteiger partial charge is 0.478 e. The molecule has 4 nitrogen and oxygen atoms in total. The highest BCUT2D eigenvalue weighted by Gasteiger charge is 2.17. The first-order valence-electron chi connectivity index (χ1n) is 5.13. The number of aliphatic hydroxyl groups is 1. The molecule has 1 aliphatic rings. The van der Waals surface area contributed by atoms with E-state index in [0.29, 0.717) is 0 Å². The van der Waals surface area contributed by atoms with E-state index >= 15 is 0 Å². The van der Waals surface area contributed by atoms with Gasteiger partial charge in [0, 0.05) is 18.5 Å². The molecule has 80 valence electrons. The Kier molecular flexibility index (Phi) is 3.95. The zero-order valence-corrected chi connectivity index (χ0v) is 9.08. The number of aryl methyl sites for hydroxylation is 1. The van der Waals surface area contributed by atoms with Gasteiger partial charge in [0.05, 0.1) is 18.9 Å². The molecule has 14 heavy (non-hydrogen) atoms. The monoisotopic (exact) mass is 198 g/mol. The Morgan fingerprint density at radius 3 is 2.79 bits per heavy atom. The molecule has 2 rings (SSSR count). The molecule has 0 saturated heterocycles. The lowest BCUT2D eigenvalue weighted by molar-refractivity contribution is 0.228.